The Hall–Kier alpha value is -1.55. The number of allylic oxidation sites excluding steroid dienone is 4. The largest absolute Gasteiger partial charge is 0.355 e. The molecule has 0 aliphatic carbocycles. The van der Waals surface area contributed by atoms with Crippen molar-refractivity contribution < 1.29 is 0 Å². The summed E-state index contributed by atoms with van der Waals surface area (Å²) in [7, 11) is 0. The van der Waals surface area contributed by atoms with E-state index in [1.54, 1.807) is 0 Å². The van der Waals surface area contributed by atoms with E-state index in [0.29, 0.717) is 0 Å². The molecule has 2 aromatic carbocycles. The molecule has 102 valence electrons. The maximum atomic E-state index is 3.49. The SMILES string of the molecule is C/C=C\C=C(/C)c1cc(I)ccc1Nc1ccccc1. The van der Waals surface area contributed by atoms with E-state index in [0.717, 1.165) is 11.4 Å². The normalized spacial score (nSPS) is 11.8. The molecule has 1 N–H and O–H groups in total. The molecule has 0 aliphatic heterocycles. The Balaban J connectivity index is 2.38. The second kappa shape index (κ2) is 7.29. The average molecular weight is 375 g/mol. The van der Waals surface area contributed by atoms with Gasteiger partial charge in [0.05, 0.1) is 0 Å². The van der Waals surface area contributed by atoms with E-state index < -0.39 is 0 Å². The lowest BCUT2D eigenvalue weighted by Crippen LogP contribution is -1.95. The van der Waals surface area contributed by atoms with Gasteiger partial charge in [0.25, 0.3) is 0 Å². The van der Waals surface area contributed by atoms with Crippen LogP contribution in [0.1, 0.15) is 19.4 Å². The summed E-state index contributed by atoms with van der Waals surface area (Å²) in [6.45, 7) is 4.17. The van der Waals surface area contributed by atoms with Gasteiger partial charge < -0.3 is 5.32 Å². The molecule has 0 fully saturated rings. The molecule has 0 atom stereocenters. The minimum absolute atomic E-state index is 1.11. The van der Waals surface area contributed by atoms with E-state index >= 15 is 0 Å². The van der Waals surface area contributed by atoms with E-state index in [2.05, 4.69) is 77.3 Å². The number of para-hydroxylation sites is 1. The van der Waals surface area contributed by atoms with Crippen LogP contribution in [0.5, 0.6) is 0 Å². The molecule has 0 unspecified atom stereocenters. The van der Waals surface area contributed by atoms with Crippen LogP contribution in [-0.4, -0.2) is 0 Å². The zero-order valence-electron chi connectivity index (χ0n) is 11.7. The highest BCUT2D eigenvalue weighted by Gasteiger charge is 2.05. The predicted molar refractivity (Wildman–Crippen MR) is 97.3 cm³/mol. The molecule has 0 saturated carbocycles. The second-order valence-corrected chi connectivity index (χ2v) is 5.80. The summed E-state index contributed by atoms with van der Waals surface area (Å²) in [6, 6.07) is 16.7. The van der Waals surface area contributed by atoms with Crippen molar-refractivity contribution >= 4 is 39.5 Å². The van der Waals surface area contributed by atoms with Gasteiger partial charge in [-0.2, -0.15) is 0 Å². The van der Waals surface area contributed by atoms with Crippen molar-refractivity contribution in [1.29, 1.82) is 0 Å². The lowest BCUT2D eigenvalue weighted by atomic mass is 10.0. The Bertz CT molecular complexity index is 627. The van der Waals surface area contributed by atoms with E-state index in [9.17, 15) is 0 Å². The van der Waals surface area contributed by atoms with Crippen LogP contribution >= 0.6 is 22.6 Å². The number of hydrogen-bond donors (Lipinski definition) is 1. The summed E-state index contributed by atoms with van der Waals surface area (Å²) in [4.78, 5) is 0. The van der Waals surface area contributed by atoms with Gasteiger partial charge in [-0.05, 0) is 72.3 Å². The van der Waals surface area contributed by atoms with Crippen LogP contribution in [0.15, 0.2) is 66.8 Å². The zero-order valence-corrected chi connectivity index (χ0v) is 13.9. The number of nitrogens with one attached hydrogen (secondary N) is 1. The lowest BCUT2D eigenvalue weighted by molar-refractivity contribution is 1.48. The summed E-state index contributed by atoms with van der Waals surface area (Å²) >= 11 is 2.35. The van der Waals surface area contributed by atoms with Gasteiger partial charge in [-0.15, -0.1) is 0 Å². The molecule has 0 radical (unpaired) electrons. The van der Waals surface area contributed by atoms with Crippen LogP contribution in [0.2, 0.25) is 0 Å². The highest BCUT2D eigenvalue weighted by Crippen LogP contribution is 2.28. The van der Waals surface area contributed by atoms with Gasteiger partial charge in [0.1, 0.15) is 0 Å². The van der Waals surface area contributed by atoms with E-state index in [1.165, 1.54) is 14.7 Å². The Morgan fingerprint density at radius 1 is 1.10 bits per heavy atom. The first kappa shape index (κ1) is 14.9. The molecular weight excluding hydrogens is 357 g/mol. The Kier molecular flexibility index (Phi) is 5.41. The first-order valence-corrected chi connectivity index (χ1v) is 7.70. The van der Waals surface area contributed by atoms with Gasteiger partial charge in [0, 0.05) is 20.5 Å². The molecule has 0 amide bonds. The molecule has 0 bridgehead atoms. The zero-order chi connectivity index (χ0) is 14.4. The Morgan fingerprint density at radius 3 is 2.55 bits per heavy atom. The van der Waals surface area contributed by atoms with E-state index in [4.69, 9.17) is 0 Å². The topological polar surface area (TPSA) is 12.0 Å². The minimum atomic E-state index is 1.11. The van der Waals surface area contributed by atoms with Crippen LogP contribution < -0.4 is 5.32 Å². The fraction of sp³-hybridized carbons (Fsp3) is 0.111. The molecule has 2 aromatic rings. The fourth-order valence-corrected chi connectivity index (χ4v) is 2.45. The Morgan fingerprint density at radius 2 is 1.85 bits per heavy atom. The smallest absolute Gasteiger partial charge is 0.0461 e. The summed E-state index contributed by atoms with van der Waals surface area (Å²) in [5.74, 6) is 0. The molecule has 2 heteroatoms. The third-order valence-electron chi connectivity index (χ3n) is 3.00. The summed E-state index contributed by atoms with van der Waals surface area (Å²) in [6.07, 6.45) is 6.25. The molecule has 2 rings (SSSR count). The number of hydrogen-bond acceptors (Lipinski definition) is 1. The number of benzene rings is 2. The first-order valence-electron chi connectivity index (χ1n) is 6.62. The fourth-order valence-electron chi connectivity index (χ4n) is 1.96. The standard InChI is InChI=1S/C18H18IN/c1-3-4-8-14(2)17-13-15(19)11-12-18(17)20-16-9-6-5-7-10-16/h3-13,20H,1-2H3/b4-3-,14-8+. The third kappa shape index (κ3) is 3.97. The van der Waals surface area contributed by atoms with Crippen LogP contribution in [-0.2, 0) is 0 Å². The number of halogens is 1. The van der Waals surface area contributed by atoms with Crippen molar-refractivity contribution in [2.45, 2.75) is 13.8 Å². The van der Waals surface area contributed by atoms with Gasteiger partial charge in [-0.1, -0.05) is 36.4 Å². The molecule has 0 aromatic heterocycles. The molecule has 0 aliphatic rings. The van der Waals surface area contributed by atoms with Gasteiger partial charge in [-0.3, -0.25) is 0 Å². The second-order valence-electron chi connectivity index (χ2n) is 4.56. The maximum Gasteiger partial charge on any atom is 0.0461 e. The van der Waals surface area contributed by atoms with Crippen LogP contribution in [0.3, 0.4) is 0 Å². The van der Waals surface area contributed by atoms with Crippen LogP contribution in [0, 0.1) is 3.57 Å². The van der Waals surface area contributed by atoms with E-state index in [-0.39, 0.29) is 0 Å². The van der Waals surface area contributed by atoms with Crippen molar-refractivity contribution in [2.24, 2.45) is 0 Å². The highest BCUT2D eigenvalue weighted by molar-refractivity contribution is 14.1. The first-order chi connectivity index (χ1) is 9.70. The summed E-state index contributed by atoms with van der Waals surface area (Å²) in [5.41, 5.74) is 4.72. The number of rotatable bonds is 4. The summed E-state index contributed by atoms with van der Waals surface area (Å²) in [5, 5.41) is 3.49. The monoisotopic (exact) mass is 375 g/mol. The van der Waals surface area contributed by atoms with Gasteiger partial charge in [0.15, 0.2) is 0 Å². The van der Waals surface area contributed by atoms with Crippen molar-refractivity contribution in [3.63, 3.8) is 0 Å². The van der Waals surface area contributed by atoms with Gasteiger partial charge in [0.2, 0.25) is 0 Å². The molecule has 1 nitrogen and oxygen atoms in total. The summed E-state index contributed by atoms with van der Waals surface area (Å²) < 4.78 is 1.24. The predicted octanol–water partition coefficient (Wildman–Crippen LogP) is 6.01. The molecular formula is C18H18IN. The highest BCUT2D eigenvalue weighted by atomic mass is 127. The molecule has 0 spiro atoms. The van der Waals surface area contributed by atoms with E-state index in [1.807, 2.05) is 31.2 Å². The van der Waals surface area contributed by atoms with Crippen molar-refractivity contribution in [1.82, 2.24) is 0 Å². The van der Waals surface area contributed by atoms with Crippen molar-refractivity contribution in [3.05, 3.63) is 75.9 Å². The molecule has 20 heavy (non-hydrogen) atoms. The van der Waals surface area contributed by atoms with Crippen LogP contribution in [0.25, 0.3) is 5.57 Å². The lowest BCUT2D eigenvalue weighted by Gasteiger charge is -2.13. The third-order valence-corrected chi connectivity index (χ3v) is 3.67. The van der Waals surface area contributed by atoms with Crippen LogP contribution in [0.4, 0.5) is 11.4 Å². The quantitative estimate of drug-likeness (QED) is 0.509. The number of anilines is 2. The van der Waals surface area contributed by atoms with Crippen molar-refractivity contribution in [2.75, 3.05) is 5.32 Å². The average Bonchev–Trinajstić information content (AvgIpc) is 2.47. The van der Waals surface area contributed by atoms with Gasteiger partial charge >= 0.3 is 0 Å². The van der Waals surface area contributed by atoms with Gasteiger partial charge in [-0.25, -0.2) is 0 Å². The minimum Gasteiger partial charge on any atom is -0.355 e. The maximum absolute atomic E-state index is 3.49. The molecule has 0 saturated heterocycles. The molecule has 0 heterocycles. The van der Waals surface area contributed by atoms with Crippen molar-refractivity contribution in [3.8, 4) is 0 Å². The Labute approximate surface area is 134 Å².